The zero-order valence-corrected chi connectivity index (χ0v) is 11.4. The second-order valence-corrected chi connectivity index (χ2v) is 4.75. The van der Waals surface area contributed by atoms with Gasteiger partial charge in [-0.1, -0.05) is 12.1 Å². The predicted octanol–water partition coefficient (Wildman–Crippen LogP) is 1.67. The van der Waals surface area contributed by atoms with Crippen molar-refractivity contribution in [3.63, 3.8) is 0 Å². The number of pyridine rings is 1. The molecule has 0 aliphatic rings. The lowest BCUT2D eigenvalue weighted by atomic mass is 10.1. The molecule has 0 aliphatic carbocycles. The summed E-state index contributed by atoms with van der Waals surface area (Å²) in [5.74, 6) is 0.254. The first-order chi connectivity index (χ1) is 10.1. The van der Waals surface area contributed by atoms with Crippen molar-refractivity contribution < 1.29 is 9.90 Å². The van der Waals surface area contributed by atoms with Gasteiger partial charge in [-0.2, -0.15) is 0 Å². The van der Waals surface area contributed by atoms with E-state index in [2.05, 4.69) is 15.5 Å². The molecular formula is C15H14N4O2. The van der Waals surface area contributed by atoms with E-state index in [1.54, 1.807) is 22.6 Å². The number of aromatic nitrogens is 3. The first-order valence-electron chi connectivity index (χ1n) is 6.51. The highest BCUT2D eigenvalue weighted by Crippen LogP contribution is 2.18. The van der Waals surface area contributed by atoms with Gasteiger partial charge in [0.05, 0.1) is 12.1 Å². The van der Waals surface area contributed by atoms with E-state index in [1.807, 2.05) is 31.3 Å². The van der Waals surface area contributed by atoms with Crippen LogP contribution in [-0.4, -0.2) is 25.6 Å². The lowest BCUT2D eigenvalue weighted by molar-refractivity contribution is 0.0947. The molecule has 0 saturated carbocycles. The van der Waals surface area contributed by atoms with Gasteiger partial charge in [0.25, 0.3) is 5.91 Å². The molecular weight excluding hydrogens is 268 g/mol. The number of phenolic OH excluding ortho intramolecular Hbond substituents is 1. The van der Waals surface area contributed by atoms with Crippen LogP contribution in [0.15, 0.2) is 42.6 Å². The van der Waals surface area contributed by atoms with Gasteiger partial charge in [-0.3, -0.25) is 9.20 Å². The van der Waals surface area contributed by atoms with Crippen LogP contribution >= 0.6 is 0 Å². The second kappa shape index (κ2) is 5.24. The molecule has 2 heterocycles. The number of amides is 1. The van der Waals surface area contributed by atoms with Crippen LogP contribution < -0.4 is 5.32 Å². The van der Waals surface area contributed by atoms with Crippen LogP contribution in [0.3, 0.4) is 0 Å². The Labute approximate surface area is 121 Å². The third-order valence-electron chi connectivity index (χ3n) is 3.19. The summed E-state index contributed by atoms with van der Waals surface area (Å²) in [4.78, 5) is 12.1. The smallest absolute Gasteiger partial charge is 0.255 e. The maximum atomic E-state index is 12.1. The number of nitrogens with zero attached hydrogens (tertiary/aromatic N) is 3. The van der Waals surface area contributed by atoms with Crippen molar-refractivity contribution in [1.82, 2.24) is 19.9 Å². The zero-order valence-electron chi connectivity index (χ0n) is 11.4. The molecule has 1 aromatic carbocycles. The van der Waals surface area contributed by atoms with E-state index in [0.29, 0.717) is 5.82 Å². The Morgan fingerprint density at radius 2 is 2.14 bits per heavy atom. The van der Waals surface area contributed by atoms with E-state index < -0.39 is 0 Å². The largest absolute Gasteiger partial charge is 0.507 e. The standard InChI is InChI=1S/C15H14N4O2/c1-10-5-6-11(12(20)8-10)15(21)16-9-14-18-17-13-4-2-3-7-19(13)14/h2-8,20H,9H2,1H3,(H,16,21). The minimum absolute atomic E-state index is 0.0291. The fraction of sp³-hybridized carbons (Fsp3) is 0.133. The molecule has 2 aromatic heterocycles. The molecule has 0 unspecified atom stereocenters. The van der Waals surface area contributed by atoms with E-state index in [0.717, 1.165) is 11.2 Å². The number of hydrogen-bond acceptors (Lipinski definition) is 4. The average molecular weight is 282 g/mol. The Hall–Kier alpha value is -2.89. The van der Waals surface area contributed by atoms with Crippen LogP contribution in [0.4, 0.5) is 0 Å². The molecule has 21 heavy (non-hydrogen) atoms. The molecule has 6 nitrogen and oxygen atoms in total. The number of carbonyl (C=O) groups is 1. The fourth-order valence-corrected chi connectivity index (χ4v) is 2.10. The first kappa shape index (κ1) is 13.1. The topological polar surface area (TPSA) is 79.5 Å². The van der Waals surface area contributed by atoms with Crippen molar-refractivity contribution in [1.29, 1.82) is 0 Å². The number of rotatable bonds is 3. The van der Waals surface area contributed by atoms with Gasteiger partial charge in [-0.15, -0.1) is 10.2 Å². The van der Waals surface area contributed by atoms with Crippen molar-refractivity contribution >= 4 is 11.6 Å². The second-order valence-electron chi connectivity index (χ2n) is 4.75. The minimum Gasteiger partial charge on any atom is -0.507 e. The van der Waals surface area contributed by atoms with Gasteiger partial charge in [0.2, 0.25) is 0 Å². The molecule has 0 atom stereocenters. The summed E-state index contributed by atoms with van der Waals surface area (Å²) in [6, 6.07) is 10.5. The van der Waals surface area contributed by atoms with Crippen LogP contribution in [0.1, 0.15) is 21.7 Å². The third-order valence-corrected chi connectivity index (χ3v) is 3.19. The molecule has 3 aromatic rings. The fourth-order valence-electron chi connectivity index (χ4n) is 2.10. The van der Waals surface area contributed by atoms with Gasteiger partial charge in [0, 0.05) is 6.20 Å². The molecule has 0 aliphatic heterocycles. The molecule has 3 rings (SSSR count). The zero-order chi connectivity index (χ0) is 14.8. The molecule has 0 saturated heterocycles. The summed E-state index contributed by atoms with van der Waals surface area (Å²) in [5.41, 5.74) is 1.86. The van der Waals surface area contributed by atoms with E-state index in [4.69, 9.17) is 0 Å². The molecule has 1 amide bonds. The van der Waals surface area contributed by atoms with Crippen LogP contribution in [0.2, 0.25) is 0 Å². The lowest BCUT2D eigenvalue weighted by Crippen LogP contribution is -2.24. The SMILES string of the molecule is Cc1ccc(C(=O)NCc2nnc3ccccn23)c(O)c1. The van der Waals surface area contributed by atoms with Crippen molar-refractivity contribution in [2.24, 2.45) is 0 Å². The van der Waals surface area contributed by atoms with E-state index in [-0.39, 0.29) is 23.8 Å². The predicted molar refractivity (Wildman–Crippen MR) is 77.0 cm³/mol. The van der Waals surface area contributed by atoms with Crippen LogP contribution in [0.25, 0.3) is 5.65 Å². The van der Waals surface area contributed by atoms with Gasteiger partial charge in [-0.05, 0) is 36.8 Å². The van der Waals surface area contributed by atoms with E-state index >= 15 is 0 Å². The van der Waals surface area contributed by atoms with Crippen molar-refractivity contribution in [3.8, 4) is 5.75 Å². The first-order valence-corrected chi connectivity index (χ1v) is 6.51. The molecule has 0 radical (unpaired) electrons. The third kappa shape index (κ3) is 2.55. The molecule has 2 N–H and O–H groups in total. The maximum Gasteiger partial charge on any atom is 0.255 e. The highest BCUT2D eigenvalue weighted by molar-refractivity contribution is 5.96. The van der Waals surface area contributed by atoms with Gasteiger partial charge in [0.15, 0.2) is 11.5 Å². The summed E-state index contributed by atoms with van der Waals surface area (Å²) in [5, 5.41) is 20.6. The Bertz CT molecular complexity index is 810. The Morgan fingerprint density at radius 3 is 2.95 bits per heavy atom. The van der Waals surface area contributed by atoms with Crippen LogP contribution in [0, 0.1) is 6.92 Å². The summed E-state index contributed by atoms with van der Waals surface area (Å²) in [6.07, 6.45) is 1.83. The van der Waals surface area contributed by atoms with Gasteiger partial charge < -0.3 is 10.4 Å². The highest BCUT2D eigenvalue weighted by atomic mass is 16.3. The highest BCUT2D eigenvalue weighted by Gasteiger charge is 2.12. The number of phenols is 1. The molecule has 0 bridgehead atoms. The number of hydrogen-bond donors (Lipinski definition) is 2. The van der Waals surface area contributed by atoms with E-state index in [9.17, 15) is 9.90 Å². The number of nitrogens with one attached hydrogen (secondary N) is 1. The summed E-state index contributed by atoms with van der Waals surface area (Å²) in [6.45, 7) is 2.08. The summed E-state index contributed by atoms with van der Waals surface area (Å²) in [7, 11) is 0. The molecule has 0 fully saturated rings. The number of aryl methyl sites for hydroxylation is 1. The van der Waals surface area contributed by atoms with Crippen LogP contribution in [-0.2, 0) is 6.54 Å². The normalized spacial score (nSPS) is 10.7. The van der Waals surface area contributed by atoms with Crippen molar-refractivity contribution in [2.75, 3.05) is 0 Å². The number of aromatic hydroxyl groups is 1. The van der Waals surface area contributed by atoms with Gasteiger partial charge in [0.1, 0.15) is 5.75 Å². The van der Waals surface area contributed by atoms with E-state index in [1.165, 1.54) is 0 Å². The van der Waals surface area contributed by atoms with Crippen LogP contribution in [0.5, 0.6) is 5.75 Å². The minimum atomic E-state index is -0.347. The van der Waals surface area contributed by atoms with Crippen molar-refractivity contribution in [3.05, 3.63) is 59.5 Å². The van der Waals surface area contributed by atoms with Gasteiger partial charge in [-0.25, -0.2) is 0 Å². The number of carbonyl (C=O) groups excluding carboxylic acids is 1. The lowest BCUT2D eigenvalue weighted by Gasteiger charge is -2.06. The molecule has 6 heteroatoms. The quantitative estimate of drug-likeness (QED) is 0.766. The maximum absolute atomic E-state index is 12.1. The monoisotopic (exact) mass is 282 g/mol. The Morgan fingerprint density at radius 1 is 1.29 bits per heavy atom. The van der Waals surface area contributed by atoms with Gasteiger partial charge >= 0.3 is 0 Å². The summed E-state index contributed by atoms with van der Waals surface area (Å²) >= 11 is 0. The number of fused-ring (bicyclic) bond motifs is 1. The average Bonchev–Trinajstić information content (AvgIpc) is 2.88. The number of benzene rings is 1. The summed E-state index contributed by atoms with van der Waals surface area (Å²) < 4.78 is 1.80. The Kier molecular flexibility index (Phi) is 3.27. The molecule has 106 valence electrons. The van der Waals surface area contributed by atoms with Crippen molar-refractivity contribution in [2.45, 2.75) is 13.5 Å². The molecule has 0 spiro atoms. The Balaban J connectivity index is 1.77.